The molecule has 1 aromatic rings. The topological polar surface area (TPSA) is 65.5 Å². The number of thiazole rings is 1. The third-order valence-electron chi connectivity index (χ3n) is 2.62. The average molecular weight is 257 g/mol. The van der Waals surface area contributed by atoms with Crippen LogP contribution >= 0.6 is 11.3 Å². The van der Waals surface area contributed by atoms with Crippen LogP contribution in [-0.4, -0.2) is 47.1 Å². The molecule has 0 bridgehead atoms. The van der Waals surface area contributed by atoms with Crippen molar-refractivity contribution in [3.63, 3.8) is 0 Å². The second kappa shape index (κ2) is 6.56. The van der Waals surface area contributed by atoms with E-state index >= 15 is 0 Å². The number of aromatic nitrogens is 1. The molecule has 6 heteroatoms. The Hall–Kier alpha value is -1.14. The first-order valence-electron chi connectivity index (χ1n) is 5.63. The smallest absolute Gasteiger partial charge is 0.357 e. The van der Waals surface area contributed by atoms with Crippen LogP contribution in [0.25, 0.3) is 0 Å². The van der Waals surface area contributed by atoms with Crippen molar-refractivity contribution in [1.29, 1.82) is 0 Å². The van der Waals surface area contributed by atoms with Gasteiger partial charge in [-0.25, -0.2) is 9.78 Å². The van der Waals surface area contributed by atoms with E-state index in [0.717, 1.165) is 19.5 Å². The number of hydrogen-bond donors (Lipinski definition) is 2. The molecule has 2 N–H and O–H groups in total. The molecule has 1 aromatic heterocycles. The van der Waals surface area contributed by atoms with Gasteiger partial charge >= 0.3 is 5.97 Å². The molecule has 5 nitrogen and oxygen atoms in total. The molecule has 96 valence electrons. The number of hydrogen-bond acceptors (Lipinski definition) is 5. The highest BCUT2D eigenvalue weighted by atomic mass is 32.1. The molecule has 0 unspecified atom stereocenters. The summed E-state index contributed by atoms with van der Waals surface area (Å²) in [5.41, 5.74) is 1.67. The van der Waals surface area contributed by atoms with Crippen molar-refractivity contribution in [1.82, 2.24) is 9.88 Å². The Labute approximate surface area is 105 Å². The molecule has 1 rings (SSSR count). The first-order chi connectivity index (χ1) is 8.02. The van der Waals surface area contributed by atoms with Crippen LogP contribution in [0.3, 0.4) is 0 Å². The summed E-state index contributed by atoms with van der Waals surface area (Å²) in [6.45, 7) is 6.06. The second-order valence-corrected chi connectivity index (χ2v) is 5.04. The van der Waals surface area contributed by atoms with Crippen molar-refractivity contribution in [3.05, 3.63) is 11.2 Å². The van der Waals surface area contributed by atoms with Crippen LogP contribution in [0.2, 0.25) is 0 Å². The molecule has 0 saturated heterocycles. The number of carboxylic acid groups (broad SMARTS) is 1. The monoisotopic (exact) mass is 257 g/mol. The average Bonchev–Trinajstić information content (AvgIpc) is 2.72. The largest absolute Gasteiger partial charge is 0.476 e. The van der Waals surface area contributed by atoms with E-state index in [1.807, 2.05) is 0 Å². The van der Waals surface area contributed by atoms with E-state index in [9.17, 15) is 4.79 Å². The summed E-state index contributed by atoms with van der Waals surface area (Å²) in [4.78, 5) is 16.9. The van der Waals surface area contributed by atoms with E-state index in [2.05, 4.69) is 36.1 Å². The molecule has 0 saturated carbocycles. The first-order valence-corrected chi connectivity index (χ1v) is 6.51. The van der Waals surface area contributed by atoms with Crippen LogP contribution in [0.4, 0.5) is 5.00 Å². The lowest BCUT2D eigenvalue weighted by Gasteiger charge is -2.20. The number of carboxylic acids is 1. The summed E-state index contributed by atoms with van der Waals surface area (Å²) < 4.78 is 0. The highest BCUT2D eigenvalue weighted by Crippen LogP contribution is 2.19. The van der Waals surface area contributed by atoms with Gasteiger partial charge in [0.05, 0.1) is 5.51 Å². The van der Waals surface area contributed by atoms with Gasteiger partial charge in [-0.2, -0.15) is 0 Å². The Morgan fingerprint density at radius 2 is 2.35 bits per heavy atom. The number of carbonyl (C=O) groups is 1. The maximum absolute atomic E-state index is 10.8. The second-order valence-electron chi connectivity index (χ2n) is 4.19. The highest BCUT2D eigenvalue weighted by molar-refractivity contribution is 7.14. The third-order valence-corrected chi connectivity index (χ3v) is 3.41. The van der Waals surface area contributed by atoms with Crippen molar-refractivity contribution in [2.75, 3.05) is 25.5 Å². The van der Waals surface area contributed by atoms with Crippen LogP contribution in [0.15, 0.2) is 5.51 Å². The van der Waals surface area contributed by atoms with Crippen molar-refractivity contribution < 1.29 is 9.90 Å². The molecule has 17 heavy (non-hydrogen) atoms. The quantitative estimate of drug-likeness (QED) is 0.731. The standard InChI is InChI=1S/C11H19N3O2S/c1-8(2)14(3)6-4-5-12-10-9(11(15)16)13-7-17-10/h7-8,12H,4-6H2,1-3H3,(H,15,16). The summed E-state index contributed by atoms with van der Waals surface area (Å²) >= 11 is 1.33. The lowest BCUT2D eigenvalue weighted by Crippen LogP contribution is -2.28. The van der Waals surface area contributed by atoms with Gasteiger partial charge in [-0.15, -0.1) is 11.3 Å². The molecule has 0 amide bonds. The highest BCUT2D eigenvalue weighted by Gasteiger charge is 2.12. The zero-order valence-electron chi connectivity index (χ0n) is 10.4. The van der Waals surface area contributed by atoms with Crippen molar-refractivity contribution in [2.45, 2.75) is 26.3 Å². The van der Waals surface area contributed by atoms with Gasteiger partial charge in [0.15, 0.2) is 5.69 Å². The predicted octanol–water partition coefficient (Wildman–Crippen LogP) is 1.98. The van der Waals surface area contributed by atoms with Gasteiger partial charge in [-0.1, -0.05) is 0 Å². The van der Waals surface area contributed by atoms with Gasteiger partial charge in [0.1, 0.15) is 5.00 Å². The molecule has 0 fully saturated rings. The lowest BCUT2D eigenvalue weighted by atomic mass is 10.3. The molecular formula is C11H19N3O2S. The minimum Gasteiger partial charge on any atom is -0.476 e. The fraction of sp³-hybridized carbons (Fsp3) is 0.636. The van der Waals surface area contributed by atoms with E-state index in [1.165, 1.54) is 11.3 Å². The molecule has 0 aliphatic carbocycles. The summed E-state index contributed by atoms with van der Waals surface area (Å²) in [6.07, 6.45) is 0.978. The van der Waals surface area contributed by atoms with Crippen LogP contribution in [0.1, 0.15) is 30.8 Å². The molecule has 0 aliphatic rings. The van der Waals surface area contributed by atoms with Crippen LogP contribution in [0, 0.1) is 0 Å². The van der Waals surface area contributed by atoms with Crippen LogP contribution < -0.4 is 5.32 Å². The Kier molecular flexibility index (Phi) is 5.37. The number of rotatable bonds is 7. The van der Waals surface area contributed by atoms with E-state index in [-0.39, 0.29) is 5.69 Å². The summed E-state index contributed by atoms with van der Waals surface area (Å²) in [5.74, 6) is -0.979. The van der Waals surface area contributed by atoms with Gasteiger partial charge < -0.3 is 15.3 Å². The van der Waals surface area contributed by atoms with Crippen molar-refractivity contribution >= 4 is 22.3 Å². The van der Waals surface area contributed by atoms with Gasteiger partial charge in [0.2, 0.25) is 0 Å². The lowest BCUT2D eigenvalue weighted by molar-refractivity contribution is 0.0692. The fourth-order valence-corrected chi connectivity index (χ4v) is 2.01. The molecule has 0 radical (unpaired) electrons. The number of anilines is 1. The summed E-state index contributed by atoms with van der Waals surface area (Å²) in [7, 11) is 2.08. The number of nitrogens with zero attached hydrogens (tertiary/aromatic N) is 2. The van der Waals surface area contributed by atoms with Gasteiger partial charge in [-0.3, -0.25) is 0 Å². The first kappa shape index (κ1) is 13.9. The van der Waals surface area contributed by atoms with Crippen molar-refractivity contribution in [2.24, 2.45) is 0 Å². The minimum absolute atomic E-state index is 0.118. The SMILES string of the molecule is CC(C)N(C)CCCNc1scnc1C(=O)O. The molecule has 0 aromatic carbocycles. The fourth-order valence-electron chi connectivity index (χ4n) is 1.31. The van der Waals surface area contributed by atoms with E-state index in [0.29, 0.717) is 11.0 Å². The molecule has 1 heterocycles. The zero-order valence-corrected chi connectivity index (χ0v) is 11.3. The predicted molar refractivity (Wildman–Crippen MR) is 69.9 cm³/mol. The van der Waals surface area contributed by atoms with Gasteiger partial charge in [0.25, 0.3) is 0 Å². The Balaban J connectivity index is 2.31. The maximum atomic E-state index is 10.8. The maximum Gasteiger partial charge on any atom is 0.357 e. The molecule has 0 spiro atoms. The van der Waals surface area contributed by atoms with E-state index in [1.54, 1.807) is 5.51 Å². The normalized spacial score (nSPS) is 11.1. The number of aromatic carboxylic acids is 1. The molecular weight excluding hydrogens is 238 g/mol. The van der Waals surface area contributed by atoms with Crippen LogP contribution in [-0.2, 0) is 0 Å². The Bertz CT molecular complexity index is 365. The van der Waals surface area contributed by atoms with Gasteiger partial charge in [0, 0.05) is 12.6 Å². The zero-order chi connectivity index (χ0) is 12.8. The summed E-state index contributed by atoms with van der Waals surface area (Å²) in [5, 5.41) is 12.6. The van der Waals surface area contributed by atoms with E-state index in [4.69, 9.17) is 5.11 Å². The van der Waals surface area contributed by atoms with Crippen molar-refractivity contribution in [3.8, 4) is 0 Å². The Morgan fingerprint density at radius 3 is 2.94 bits per heavy atom. The molecule has 0 aliphatic heterocycles. The van der Waals surface area contributed by atoms with Gasteiger partial charge in [-0.05, 0) is 33.9 Å². The molecule has 0 atom stereocenters. The minimum atomic E-state index is -0.979. The third kappa shape index (κ3) is 4.32. The van der Waals surface area contributed by atoms with E-state index < -0.39 is 5.97 Å². The van der Waals surface area contributed by atoms with Crippen LogP contribution in [0.5, 0.6) is 0 Å². The number of nitrogens with one attached hydrogen (secondary N) is 1. The Morgan fingerprint density at radius 1 is 1.65 bits per heavy atom. The summed E-state index contributed by atoms with van der Waals surface area (Å²) in [6, 6.07) is 0.535.